The maximum Gasteiger partial charge on any atom is 0.338 e. The van der Waals surface area contributed by atoms with E-state index in [0.29, 0.717) is 30.2 Å². The Bertz CT molecular complexity index is 583. The number of anilines is 2. The molecular weight excluding hydrogens is 318 g/mol. The van der Waals surface area contributed by atoms with E-state index >= 15 is 0 Å². The molecule has 1 aromatic rings. The summed E-state index contributed by atoms with van der Waals surface area (Å²) in [6.45, 7) is 6.90. The van der Waals surface area contributed by atoms with Gasteiger partial charge in [0, 0.05) is 13.0 Å². The first-order chi connectivity index (χ1) is 12.1. The van der Waals surface area contributed by atoms with Crippen LogP contribution in [0.3, 0.4) is 0 Å². The van der Waals surface area contributed by atoms with Crippen molar-refractivity contribution in [3.63, 3.8) is 0 Å². The normalized spacial score (nSPS) is 14.8. The molecule has 2 rings (SSSR count). The van der Waals surface area contributed by atoms with Crippen LogP contribution < -0.4 is 16.0 Å². The van der Waals surface area contributed by atoms with Crippen LogP contribution in [0.2, 0.25) is 0 Å². The Hall–Kier alpha value is -2.08. The predicted molar refractivity (Wildman–Crippen MR) is 100 cm³/mol. The second-order valence-electron chi connectivity index (χ2n) is 6.29. The van der Waals surface area contributed by atoms with Gasteiger partial charge < -0.3 is 20.7 Å². The van der Waals surface area contributed by atoms with Crippen molar-refractivity contribution < 1.29 is 14.3 Å². The summed E-state index contributed by atoms with van der Waals surface area (Å²) < 4.78 is 5.04. The highest BCUT2D eigenvalue weighted by Crippen LogP contribution is 2.25. The number of rotatable bonds is 8. The minimum atomic E-state index is -0.379. The Balaban J connectivity index is 2.00. The van der Waals surface area contributed by atoms with Crippen molar-refractivity contribution in [2.45, 2.75) is 39.5 Å². The van der Waals surface area contributed by atoms with E-state index in [1.54, 1.807) is 25.1 Å². The molecule has 6 heteroatoms. The maximum absolute atomic E-state index is 12.3. The highest BCUT2D eigenvalue weighted by atomic mass is 16.5. The maximum atomic E-state index is 12.3. The summed E-state index contributed by atoms with van der Waals surface area (Å²) in [7, 11) is 0. The molecule has 138 valence electrons. The number of esters is 1. The van der Waals surface area contributed by atoms with Crippen LogP contribution in [0, 0.1) is 5.92 Å². The molecule has 0 unspecified atom stereocenters. The zero-order valence-electron chi connectivity index (χ0n) is 15.2. The topological polar surface area (TPSA) is 79.5 Å². The minimum Gasteiger partial charge on any atom is -0.462 e. The summed E-state index contributed by atoms with van der Waals surface area (Å²) in [6.07, 6.45) is 3.67. The lowest BCUT2D eigenvalue weighted by Crippen LogP contribution is -2.28. The third-order valence-electron chi connectivity index (χ3n) is 4.41. The molecular formula is C19H29N3O3. The number of benzene rings is 1. The van der Waals surface area contributed by atoms with E-state index < -0.39 is 0 Å². The van der Waals surface area contributed by atoms with E-state index in [4.69, 9.17) is 4.74 Å². The van der Waals surface area contributed by atoms with Gasteiger partial charge in [-0.1, -0.05) is 0 Å². The zero-order chi connectivity index (χ0) is 18.1. The smallest absolute Gasteiger partial charge is 0.338 e. The van der Waals surface area contributed by atoms with E-state index in [-0.39, 0.29) is 11.9 Å². The molecule has 25 heavy (non-hydrogen) atoms. The van der Waals surface area contributed by atoms with Crippen molar-refractivity contribution >= 4 is 23.3 Å². The lowest BCUT2D eigenvalue weighted by atomic mass is 9.93. The number of carbonyl (C=O) groups is 2. The molecule has 0 saturated carbocycles. The van der Waals surface area contributed by atoms with Crippen LogP contribution in [-0.4, -0.2) is 38.1 Å². The van der Waals surface area contributed by atoms with Crippen molar-refractivity contribution in [2.75, 3.05) is 36.9 Å². The molecule has 6 nitrogen and oxygen atoms in total. The Morgan fingerprint density at radius 1 is 1.20 bits per heavy atom. The Morgan fingerprint density at radius 2 is 1.96 bits per heavy atom. The molecule has 1 aliphatic rings. The minimum absolute atomic E-state index is 0.0151. The highest BCUT2D eigenvalue weighted by Gasteiger charge is 2.16. The van der Waals surface area contributed by atoms with Crippen molar-refractivity contribution in [3.05, 3.63) is 23.8 Å². The van der Waals surface area contributed by atoms with Gasteiger partial charge >= 0.3 is 5.97 Å². The molecule has 0 bridgehead atoms. The quantitative estimate of drug-likeness (QED) is 0.630. The van der Waals surface area contributed by atoms with E-state index in [2.05, 4.69) is 16.0 Å². The van der Waals surface area contributed by atoms with Gasteiger partial charge in [-0.3, -0.25) is 4.79 Å². The first kappa shape index (κ1) is 19.2. The first-order valence-electron chi connectivity index (χ1n) is 9.19. The summed E-state index contributed by atoms with van der Waals surface area (Å²) in [6, 6.07) is 5.19. The van der Waals surface area contributed by atoms with Crippen LogP contribution in [0.4, 0.5) is 11.4 Å². The molecule has 0 spiro atoms. The number of carbonyl (C=O) groups excluding carboxylic acids is 2. The summed E-state index contributed by atoms with van der Waals surface area (Å²) in [5.74, 6) is 0.223. The molecule has 1 saturated heterocycles. The second kappa shape index (κ2) is 10.0. The molecule has 0 radical (unpaired) electrons. The van der Waals surface area contributed by atoms with Crippen LogP contribution in [0.25, 0.3) is 0 Å². The molecule has 0 aromatic heterocycles. The lowest BCUT2D eigenvalue weighted by molar-refractivity contribution is -0.116. The van der Waals surface area contributed by atoms with E-state index in [1.165, 1.54) is 0 Å². The fourth-order valence-electron chi connectivity index (χ4n) is 3.05. The van der Waals surface area contributed by atoms with Crippen molar-refractivity contribution in [1.82, 2.24) is 5.32 Å². The monoisotopic (exact) mass is 347 g/mol. The second-order valence-corrected chi connectivity index (χ2v) is 6.29. The fraction of sp³-hybridized carbons (Fsp3) is 0.579. The molecule has 0 atom stereocenters. The molecule has 0 aliphatic carbocycles. The largest absolute Gasteiger partial charge is 0.462 e. The van der Waals surface area contributed by atoms with Gasteiger partial charge in [-0.15, -0.1) is 0 Å². The Labute approximate surface area is 149 Å². The third kappa shape index (κ3) is 6.05. The number of nitrogens with one attached hydrogen (secondary N) is 3. The SMILES string of the molecule is CCNc1ccc(C(=O)OCC)cc1NC(=O)CCC1CCNCC1. The average molecular weight is 347 g/mol. The Morgan fingerprint density at radius 3 is 2.64 bits per heavy atom. The van der Waals surface area contributed by atoms with Gasteiger partial charge in [0.05, 0.1) is 23.5 Å². The first-order valence-corrected chi connectivity index (χ1v) is 9.19. The van der Waals surface area contributed by atoms with Gasteiger partial charge in [0.25, 0.3) is 0 Å². The molecule has 1 amide bonds. The average Bonchev–Trinajstić information content (AvgIpc) is 2.62. The number of hydrogen-bond donors (Lipinski definition) is 3. The van der Waals surface area contributed by atoms with Crippen molar-refractivity contribution in [2.24, 2.45) is 5.92 Å². The summed E-state index contributed by atoms with van der Waals surface area (Å²) in [5, 5.41) is 9.50. The zero-order valence-corrected chi connectivity index (χ0v) is 15.2. The number of amides is 1. The van der Waals surface area contributed by atoms with E-state index in [1.807, 2.05) is 6.92 Å². The number of ether oxygens (including phenoxy) is 1. The molecule has 3 N–H and O–H groups in total. The standard InChI is InChI=1S/C19H29N3O3/c1-3-21-16-7-6-15(19(24)25-4-2)13-17(16)22-18(23)8-5-14-9-11-20-12-10-14/h6-7,13-14,20-21H,3-5,8-12H2,1-2H3,(H,22,23). The predicted octanol–water partition coefficient (Wildman–Crippen LogP) is 3.01. The van der Waals surface area contributed by atoms with Gasteiger partial charge in [-0.2, -0.15) is 0 Å². The van der Waals surface area contributed by atoms with E-state index in [9.17, 15) is 9.59 Å². The lowest BCUT2D eigenvalue weighted by Gasteiger charge is -2.22. The highest BCUT2D eigenvalue weighted by molar-refractivity contribution is 5.98. The fourth-order valence-corrected chi connectivity index (χ4v) is 3.05. The van der Waals surface area contributed by atoms with Crippen LogP contribution >= 0.6 is 0 Å². The van der Waals surface area contributed by atoms with Crippen LogP contribution in [0.1, 0.15) is 49.9 Å². The summed E-state index contributed by atoms with van der Waals surface area (Å²) >= 11 is 0. The Kier molecular flexibility index (Phi) is 7.73. The van der Waals surface area contributed by atoms with E-state index in [0.717, 1.165) is 44.6 Å². The van der Waals surface area contributed by atoms with Crippen molar-refractivity contribution in [1.29, 1.82) is 0 Å². The number of piperidine rings is 1. The summed E-state index contributed by atoms with van der Waals surface area (Å²) in [4.78, 5) is 24.3. The van der Waals surface area contributed by atoms with Crippen LogP contribution in [-0.2, 0) is 9.53 Å². The third-order valence-corrected chi connectivity index (χ3v) is 4.41. The molecule has 1 aliphatic heterocycles. The van der Waals surface area contributed by atoms with Gasteiger partial charge in [-0.05, 0) is 70.3 Å². The van der Waals surface area contributed by atoms with Crippen LogP contribution in [0.5, 0.6) is 0 Å². The molecule has 1 fully saturated rings. The molecule has 1 heterocycles. The number of hydrogen-bond acceptors (Lipinski definition) is 5. The van der Waals surface area contributed by atoms with Crippen molar-refractivity contribution in [3.8, 4) is 0 Å². The van der Waals surface area contributed by atoms with Gasteiger partial charge in [0.1, 0.15) is 0 Å². The van der Waals surface area contributed by atoms with Gasteiger partial charge in [0.15, 0.2) is 0 Å². The van der Waals surface area contributed by atoms with Gasteiger partial charge in [0.2, 0.25) is 5.91 Å². The molecule has 1 aromatic carbocycles. The van der Waals surface area contributed by atoms with Gasteiger partial charge in [-0.25, -0.2) is 4.79 Å². The summed E-state index contributed by atoms with van der Waals surface area (Å²) in [5.41, 5.74) is 1.88. The van der Waals surface area contributed by atoms with Crippen LogP contribution in [0.15, 0.2) is 18.2 Å².